The van der Waals surface area contributed by atoms with Gasteiger partial charge in [-0.05, 0) is 28.8 Å². The van der Waals surface area contributed by atoms with Crippen molar-refractivity contribution >= 4 is 5.91 Å². The molecular formula is C24H28N2O4. The summed E-state index contributed by atoms with van der Waals surface area (Å²) in [5.41, 5.74) is 3.55. The van der Waals surface area contributed by atoms with Gasteiger partial charge in [-0.2, -0.15) is 0 Å². The Balaban J connectivity index is 1.42. The summed E-state index contributed by atoms with van der Waals surface area (Å²) in [7, 11) is 1.69. The minimum Gasteiger partial charge on any atom is -0.497 e. The highest BCUT2D eigenvalue weighted by molar-refractivity contribution is 5.81. The summed E-state index contributed by atoms with van der Waals surface area (Å²) in [6, 6.07) is 16.8. The first kappa shape index (κ1) is 19.5. The number of fused-ring (bicyclic) bond motifs is 2. The van der Waals surface area contributed by atoms with E-state index in [0.29, 0.717) is 39.3 Å². The van der Waals surface area contributed by atoms with Crippen LogP contribution in [-0.4, -0.2) is 61.8 Å². The molecular weight excluding hydrogens is 380 g/mol. The highest BCUT2D eigenvalue weighted by atomic mass is 16.5. The maximum absolute atomic E-state index is 13.1. The lowest BCUT2D eigenvalue weighted by Crippen LogP contribution is -2.46. The Hall–Kier alpha value is -2.41. The molecule has 3 aliphatic heterocycles. The number of rotatable bonds is 4. The van der Waals surface area contributed by atoms with Gasteiger partial charge >= 0.3 is 0 Å². The highest BCUT2D eigenvalue weighted by Crippen LogP contribution is 2.47. The van der Waals surface area contributed by atoms with E-state index in [9.17, 15) is 4.79 Å². The molecule has 3 aliphatic rings. The van der Waals surface area contributed by atoms with Crippen molar-refractivity contribution in [1.29, 1.82) is 0 Å². The topological polar surface area (TPSA) is 51.2 Å². The largest absolute Gasteiger partial charge is 0.497 e. The van der Waals surface area contributed by atoms with E-state index in [1.54, 1.807) is 7.11 Å². The Kier molecular flexibility index (Phi) is 5.23. The van der Waals surface area contributed by atoms with Crippen LogP contribution in [0.5, 0.6) is 5.75 Å². The second kappa shape index (κ2) is 8.02. The first-order valence-electron chi connectivity index (χ1n) is 10.6. The third-order valence-electron chi connectivity index (χ3n) is 6.64. The van der Waals surface area contributed by atoms with Crippen molar-refractivity contribution in [1.82, 2.24) is 9.80 Å². The molecule has 30 heavy (non-hydrogen) atoms. The van der Waals surface area contributed by atoms with E-state index in [4.69, 9.17) is 14.2 Å². The quantitative estimate of drug-likeness (QED) is 0.778. The van der Waals surface area contributed by atoms with Crippen LogP contribution in [0, 0.1) is 0 Å². The number of carbonyl (C=O) groups is 1. The lowest BCUT2D eigenvalue weighted by molar-refractivity contribution is -0.144. The molecule has 0 aliphatic carbocycles. The molecule has 0 unspecified atom stereocenters. The lowest BCUT2D eigenvalue weighted by Gasteiger charge is -2.35. The fourth-order valence-corrected chi connectivity index (χ4v) is 5.05. The van der Waals surface area contributed by atoms with Gasteiger partial charge in [0.1, 0.15) is 11.9 Å². The molecule has 2 saturated heterocycles. The zero-order valence-electron chi connectivity index (χ0n) is 17.4. The number of carbonyl (C=O) groups excluding carboxylic acids is 1. The molecule has 1 spiro atoms. The smallest absolute Gasteiger partial charge is 0.251 e. The van der Waals surface area contributed by atoms with Gasteiger partial charge in [0, 0.05) is 32.6 Å². The Morgan fingerprint density at radius 2 is 2.00 bits per heavy atom. The third kappa shape index (κ3) is 3.39. The predicted molar refractivity (Wildman–Crippen MR) is 112 cm³/mol. The van der Waals surface area contributed by atoms with E-state index in [-0.39, 0.29) is 11.4 Å². The van der Waals surface area contributed by atoms with Crippen LogP contribution < -0.4 is 4.74 Å². The number of hydrogen-bond acceptors (Lipinski definition) is 5. The first-order chi connectivity index (χ1) is 14.7. The predicted octanol–water partition coefficient (Wildman–Crippen LogP) is 2.55. The molecule has 6 heteroatoms. The van der Waals surface area contributed by atoms with Crippen LogP contribution in [0.2, 0.25) is 0 Å². The Labute approximate surface area is 177 Å². The number of amides is 1. The van der Waals surface area contributed by atoms with E-state index < -0.39 is 6.10 Å². The van der Waals surface area contributed by atoms with Gasteiger partial charge in [-0.25, -0.2) is 0 Å². The van der Waals surface area contributed by atoms with Crippen LogP contribution in [-0.2, 0) is 32.9 Å². The Bertz CT molecular complexity index is 927. The van der Waals surface area contributed by atoms with Crippen LogP contribution in [0.4, 0.5) is 0 Å². The molecule has 0 aromatic heterocycles. The molecule has 2 aromatic rings. The normalized spacial score (nSPS) is 26.2. The summed E-state index contributed by atoms with van der Waals surface area (Å²) in [5.74, 6) is 0.960. The average Bonchev–Trinajstić information content (AvgIpc) is 3.37. The van der Waals surface area contributed by atoms with Crippen LogP contribution in [0.1, 0.15) is 23.1 Å². The van der Waals surface area contributed by atoms with Gasteiger partial charge in [-0.15, -0.1) is 0 Å². The zero-order chi connectivity index (χ0) is 20.6. The number of morpholine rings is 1. The summed E-state index contributed by atoms with van der Waals surface area (Å²) >= 11 is 0. The number of methoxy groups -OCH3 is 1. The molecule has 0 radical (unpaired) electrons. The Morgan fingerprint density at radius 1 is 1.17 bits per heavy atom. The monoisotopic (exact) mass is 408 g/mol. The van der Waals surface area contributed by atoms with Crippen LogP contribution in [0.3, 0.4) is 0 Å². The van der Waals surface area contributed by atoms with Gasteiger partial charge in [0.05, 0.1) is 32.5 Å². The second-order valence-electron chi connectivity index (χ2n) is 8.34. The molecule has 0 saturated carbocycles. The fraction of sp³-hybridized carbons (Fsp3) is 0.458. The van der Waals surface area contributed by atoms with Gasteiger partial charge in [-0.1, -0.05) is 36.4 Å². The summed E-state index contributed by atoms with van der Waals surface area (Å²) in [6.45, 7) is 4.69. The number of benzene rings is 2. The molecule has 3 heterocycles. The van der Waals surface area contributed by atoms with Crippen molar-refractivity contribution < 1.29 is 19.0 Å². The van der Waals surface area contributed by atoms with Gasteiger partial charge in [0.2, 0.25) is 0 Å². The van der Waals surface area contributed by atoms with E-state index in [1.165, 1.54) is 16.7 Å². The average molecular weight is 408 g/mol. The van der Waals surface area contributed by atoms with Gasteiger partial charge < -0.3 is 19.1 Å². The van der Waals surface area contributed by atoms with E-state index in [0.717, 1.165) is 18.8 Å². The molecule has 6 nitrogen and oxygen atoms in total. The van der Waals surface area contributed by atoms with Crippen LogP contribution in [0.25, 0.3) is 0 Å². The van der Waals surface area contributed by atoms with Crippen molar-refractivity contribution in [2.24, 2.45) is 0 Å². The first-order valence-corrected chi connectivity index (χ1v) is 10.6. The molecule has 1 amide bonds. The molecule has 2 atom stereocenters. The number of ether oxygens (including phenoxy) is 3. The third-order valence-corrected chi connectivity index (χ3v) is 6.64. The van der Waals surface area contributed by atoms with Gasteiger partial charge in [-0.3, -0.25) is 9.69 Å². The van der Waals surface area contributed by atoms with E-state index in [1.807, 2.05) is 17.0 Å². The molecule has 2 fully saturated rings. The van der Waals surface area contributed by atoms with Crippen LogP contribution >= 0.6 is 0 Å². The highest BCUT2D eigenvalue weighted by Gasteiger charge is 2.52. The van der Waals surface area contributed by atoms with Crippen molar-refractivity contribution in [3.63, 3.8) is 0 Å². The van der Waals surface area contributed by atoms with Gasteiger partial charge in [0.25, 0.3) is 5.91 Å². The standard InChI is InChI=1S/C24H28N2O4/c1-28-20-7-4-5-18(13-20)15-26-16-19-6-2-3-8-21(19)24(26)14-22(30-17-24)23(27)25-9-11-29-12-10-25/h2-8,13,22H,9-12,14-17H2,1H3/t22-,24-/m1/s1. The molecule has 2 aromatic carbocycles. The Morgan fingerprint density at radius 3 is 2.83 bits per heavy atom. The minimum atomic E-state index is -0.401. The molecule has 5 rings (SSSR count). The lowest BCUT2D eigenvalue weighted by atomic mass is 9.86. The molecule has 158 valence electrons. The fourth-order valence-electron chi connectivity index (χ4n) is 5.05. The summed E-state index contributed by atoms with van der Waals surface area (Å²) < 4.78 is 17.0. The van der Waals surface area contributed by atoms with E-state index in [2.05, 4.69) is 41.3 Å². The summed E-state index contributed by atoms with van der Waals surface area (Å²) in [5, 5.41) is 0. The summed E-state index contributed by atoms with van der Waals surface area (Å²) in [6.07, 6.45) is 0.284. The van der Waals surface area contributed by atoms with Crippen LogP contribution in [0.15, 0.2) is 48.5 Å². The van der Waals surface area contributed by atoms with Crippen molar-refractivity contribution in [3.05, 3.63) is 65.2 Å². The maximum Gasteiger partial charge on any atom is 0.251 e. The number of nitrogens with zero attached hydrogens (tertiary/aromatic N) is 2. The maximum atomic E-state index is 13.1. The van der Waals surface area contributed by atoms with Crippen molar-refractivity contribution in [2.75, 3.05) is 40.0 Å². The van der Waals surface area contributed by atoms with E-state index >= 15 is 0 Å². The second-order valence-corrected chi connectivity index (χ2v) is 8.34. The molecule has 0 bridgehead atoms. The number of hydrogen-bond donors (Lipinski definition) is 0. The summed E-state index contributed by atoms with van der Waals surface area (Å²) in [4.78, 5) is 17.5. The zero-order valence-corrected chi connectivity index (χ0v) is 17.4. The van der Waals surface area contributed by atoms with Crippen molar-refractivity contribution in [2.45, 2.75) is 31.2 Å². The van der Waals surface area contributed by atoms with Gasteiger partial charge in [0.15, 0.2) is 0 Å². The van der Waals surface area contributed by atoms with Crippen molar-refractivity contribution in [3.8, 4) is 5.75 Å². The molecule has 0 N–H and O–H groups in total. The SMILES string of the molecule is COc1cccc(CN2Cc3ccccc3[C@@]23CO[C@@H](C(=O)N2CCOCC2)C3)c1. The minimum absolute atomic E-state index is 0.0980.